The predicted octanol–water partition coefficient (Wildman–Crippen LogP) is 3.10. The average molecular weight is 771 g/mol. The van der Waals surface area contributed by atoms with Crippen molar-refractivity contribution in [1.82, 2.24) is 26.2 Å². The summed E-state index contributed by atoms with van der Waals surface area (Å²) >= 11 is 1.23. The third-order valence-corrected chi connectivity index (χ3v) is 11.2. The van der Waals surface area contributed by atoms with Crippen molar-refractivity contribution in [2.24, 2.45) is 23.5 Å². The molecule has 3 aliphatic rings. The molecule has 14 nitrogen and oxygen atoms in total. The fourth-order valence-electron chi connectivity index (χ4n) is 7.34. The Kier molecular flexibility index (Phi) is 16.5. The number of carbonyl (C=O) groups is 7. The third-order valence-electron chi connectivity index (χ3n) is 10.3. The zero-order valence-electron chi connectivity index (χ0n) is 31.8. The second-order valence-electron chi connectivity index (χ2n) is 15.1. The number of esters is 1. The molecule has 5 atom stereocenters. The summed E-state index contributed by atoms with van der Waals surface area (Å²) in [6.07, 6.45) is 11.4. The van der Waals surface area contributed by atoms with Gasteiger partial charge in [0.05, 0.1) is 11.5 Å². The fraction of sp³-hybridized carbons (Fsp3) is 0.667. The van der Waals surface area contributed by atoms with E-state index in [1.54, 1.807) is 30.5 Å². The summed E-state index contributed by atoms with van der Waals surface area (Å²) in [4.78, 5) is 94.7. The van der Waals surface area contributed by atoms with Gasteiger partial charge in [0.15, 0.2) is 0 Å². The number of nitrogens with zero attached hydrogens (tertiary/aromatic N) is 1. The molecule has 2 heterocycles. The van der Waals surface area contributed by atoms with Gasteiger partial charge >= 0.3 is 5.97 Å². The maximum absolute atomic E-state index is 14.2. The van der Waals surface area contributed by atoms with Crippen molar-refractivity contribution in [1.29, 1.82) is 0 Å². The molecule has 0 bridgehead atoms. The van der Waals surface area contributed by atoms with Crippen molar-refractivity contribution in [2.75, 3.05) is 13.2 Å². The Hall–Kier alpha value is -4.27. The molecule has 1 aliphatic heterocycles. The molecule has 2 aliphatic carbocycles. The van der Waals surface area contributed by atoms with E-state index < -0.39 is 71.6 Å². The molecule has 6 N–H and O–H groups in total. The second-order valence-corrected chi connectivity index (χ2v) is 16.1. The number of hydrogen-bond donors (Lipinski definition) is 5. The summed E-state index contributed by atoms with van der Waals surface area (Å²) in [7, 11) is 0. The smallest absolute Gasteiger partial charge is 0.330 e. The number of likely N-dealkylation sites (tertiary alicyclic amines) is 1. The van der Waals surface area contributed by atoms with E-state index >= 15 is 0 Å². The van der Waals surface area contributed by atoms with Gasteiger partial charge in [0.25, 0.3) is 5.91 Å². The maximum Gasteiger partial charge on any atom is 0.330 e. The number of allylic oxidation sites excluding steroid dienone is 1. The zero-order chi connectivity index (χ0) is 39.2. The molecule has 6 amide bonds. The van der Waals surface area contributed by atoms with E-state index in [4.69, 9.17) is 10.5 Å². The number of primary amides is 1. The first-order chi connectivity index (χ1) is 25.9. The van der Waals surface area contributed by atoms with Crippen molar-refractivity contribution in [2.45, 2.75) is 134 Å². The van der Waals surface area contributed by atoms with Crippen LogP contribution >= 0.6 is 11.3 Å². The number of nitrogens with two attached hydrogens (primary N) is 1. The van der Waals surface area contributed by atoms with Crippen LogP contribution in [0.1, 0.15) is 114 Å². The summed E-state index contributed by atoms with van der Waals surface area (Å²) in [5.74, 6) is -3.20. The van der Waals surface area contributed by atoms with E-state index in [0.29, 0.717) is 37.1 Å². The first-order valence-electron chi connectivity index (χ1n) is 19.6. The van der Waals surface area contributed by atoms with Gasteiger partial charge in [-0.15, -0.1) is 11.3 Å². The van der Waals surface area contributed by atoms with E-state index in [1.807, 2.05) is 13.8 Å². The standard InChI is InChI=1S/C39H58N6O8S/c1-4-53-32(46)17-9-8-14-27(41-38(51)31-16-11-21-54-31)35(48)43-29(23-25-18-19-25)39(52)45-20-10-15-30(45)37(50)42-28(22-24(2)3)36(49)44-33(34(40)47)26-12-6-5-7-13-26/h9,11,16-17,21,24-30,33H,4-8,10,12-15,18-20,22-23H2,1-3H3,(H2,40,47)(H,41,51)(H,42,50)(H,43,48)(H,44,49)/b17-9+/t27-,28-,29-,30-,33-/m0/s1. The monoisotopic (exact) mass is 770 g/mol. The van der Waals surface area contributed by atoms with Gasteiger partial charge in [-0.25, -0.2) is 4.79 Å². The lowest BCUT2D eigenvalue weighted by Gasteiger charge is -2.32. The quantitative estimate of drug-likeness (QED) is 0.0982. The minimum atomic E-state index is -1.01. The number of thiophene rings is 1. The Morgan fingerprint density at radius 2 is 1.63 bits per heavy atom. The topological polar surface area (TPSA) is 206 Å². The summed E-state index contributed by atoms with van der Waals surface area (Å²) in [5, 5.41) is 13.2. The van der Waals surface area contributed by atoms with E-state index in [0.717, 1.165) is 44.9 Å². The summed E-state index contributed by atoms with van der Waals surface area (Å²) < 4.78 is 4.92. The summed E-state index contributed by atoms with van der Waals surface area (Å²) in [6, 6.07) is -1.18. The molecule has 3 fully saturated rings. The van der Waals surface area contributed by atoms with Gasteiger partial charge in [-0.2, -0.15) is 0 Å². The van der Waals surface area contributed by atoms with Crippen LogP contribution in [0.2, 0.25) is 0 Å². The van der Waals surface area contributed by atoms with E-state index in [2.05, 4.69) is 21.3 Å². The van der Waals surface area contributed by atoms with E-state index in [9.17, 15) is 33.6 Å². The minimum absolute atomic E-state index is 0.0381. The highest BCUT2D eigenvalue weighted by atomic mass is 32.1. The van der Waals surface area contributed by atoms with E-state index in [-0.39, 0.29) is 37.2 Å². The highest BCUT2D eigenvalue weighted by Gasteiger charge is 2.41. The van der Waals surface area contributed by atoms with Crippen molar-refractivity contribution in [3.05, 3.63) is 34.5 Å². The molecule has 2 saturated carbocycles. The number of carbonyl (C=O) groups excluding carboxylic acids is 7. The van der Waals surface area contributed by atoms with Crippen molar-refractivity contribution < 1.29 is 38.3 Å². The summed E-state index contributed by atoms with van der Waals surface area (Å²) in [5.41, 5.74) is 5.73. The third kappa shape index (κ3) is 12.9. The Labute approximate surface area is 322 Å². The number of ether oxygens (including phenoxy) is 1. The van der Waals surface area contributed by atoms with E-state index in [1.165, 1.54) is 22.3 Å². The van der Waals surface area contributed by atoms with Crippen LogP contribution in [-0.2, 0) is 33.5 Å². The van der Waals surface area contributed by atoms with Crippen LogP contribution in [0.5, 0.6) is 0 Å². The van der Waals surface area contributed by atoms with Crippen LogP contribution in [0.25, 0.3) is 0 Å². The Morgan fingerprint density at radius 1 is 0.907 bits per heavy atom. The number of rotatable bonds is 20. The van der Waals surface area contributed by atoms with Crippen LogP contribution in [0, 0.1) is 17.8 Å². The molecular weight excluding hydrogens is 713 g/mol. The second kappa shape index (κ2) is 21.0. The SMILES string of the molecule is CCOC(=O)/C=C/CC[C@H](NC(=O)c1cccs1)C(=O)N[C@@H](CC1CC1)C(=O)N1CCC[C@H]1C(=O)N[C@@H](CC(C)C)C(=O)N[C@H](C(N)=O)C1CCCCC1. The molecule has 1 aromatic rings. The lowest BCUT2D eigenvalue weighted by atomic mass is 9.83. The Morgan fingerprint density at radius 3 is 2.26 bits per heavy atom. The first-order valence-corrected chi connectivity index (χ1v) is 20.4. The summed E-state index contributed by atoms with van der Waals surface area (Å²) in [6.45, 7) is 6.10. The number of hydrogen-bond acceptors (Lipinski definition) is 9. The van der Waals surface area contributed by atoms with Crippen LogP contribution in [0.15, 0.2) is 29.7 Å². The van der Waals surface area contributed by atoms with Crippen LogP contribution in [-0.4, -0.2) is 89.7 Å². The molecule has 0 spiro atoms. The fourth-order valence-corrected chi connectivity index (χ4v) is 7.96. The largest absolute Gasteiger partial charge is 0.463 e. The van der Waals surface area contributed by atoms with Crippen molar-refractivity contribution in [3.63, 3.8) is 0 Å². The van der Waals surface area contributed by atoms with Crippen LogP contribution in [0.4, 0.5) is 0 Å². The molecule has 1 aromatic heterocycles. The lowest BCUT2D eigenvalue weighted by molar-refractivity contribution is -0.142. The average Bonchev–Trinajstić information content (AvgIpc) is 3.55. The first kappa shape index (κ1) is 42.5. The molecule has 0 radical (unpaired) electrons. The zero-order valence-corrected chi connectivity index (χ0v) is 32.6. The molecule has 0 unspecified atom stereocenters. The minimum Gasteiger partial charge on any atom is -0.463 e. The Bertz CT molecular complexity index is 1490. The van der Waals surface area contributed by atoms with Gasteiger partial charge in [-0.05, 0) is 87.5 Å². The molecule has 54 heavy (non-hydrogen) atoms. The molecule has 4 rings (SSSR count). The molecule has 15 heteroatoms. The van der Waals surface area contributed by atoms with Crippen LogP contribution in [0.3, 0.4) is 0 Å². The highest BCUT2D eigenvalue weighted by molar-refractivity contribution is 7.12. The van der Waals surface area contributed by atoms with Gasteiger partial charge in [0.1, 0.15) is 30.2 Å². The Balaban J connectivity index is 1.45. The van der Waals surface area contributed by atoms with Gasteiger partial charge in [0, 0.05) is 12.6 Å². The normalized spacial score (nSPS) is 19.8. The maximum atomic E-state index is 14.2. The van der Waals surface area contributed by atoms with Gasteiger partial charge in [0.2, 0.25) is 29.5 Å². The van der Waals surface area contributed by atoms with Crippen LogP contribution < -0.4 is 27.0 Å². The molecule has 1 saturated heterocycles. The number of amides is 6. The number of nitrogens with one attached hydrogen (secondary N) is 4. The van der Waals surface area contributed by atoms with Crippen molar-refractivity contribution in [3.8, 4) is 0 Å². The molecule has 0 aromatic carbocycles. The van der Waals surface area contributed by atoms with Gasteiger partial charge < -0.3 is 36.6 Å². The lowest BCUT2D eigenvalue weighted by Crippen LogP contribution is -2.59. The van der Waals surface area contributed by atoms with Gasteiger partial charge in [-0.1, -0.05) is 58.1 Å². The highest BCUT2D eigenvalue weighted by Crippen LogP contribution is 2.34. The molecular formula is C39H58N6O8S. The van der Waals surface area contributed by atoms with Gasteiger partial charge in [-0.3, -0.25) is 28.8 Å². The van der Waals surface area contributed by atoms with Crippen molar-refractivity contribution >= 4 is 52.7 Å². The predicted molar refractivity (Wildman–Crippen MR) is 204 cm³/mol. The molecule has 298 valence electrons.